The highest BCUT2D eigenvalue weighted by Gasteiger charge is 2.16. The zero-order valence-electron chi connectivity index (χ0n) is 16.3. The molecule has 0 unspecified atom stereocenters. The van der Waals surface area contributed by atoms with E-state index in [1.807, 2.05) is 18.2 Å². The smallest absolute Gasteiger partial charge is 0.289 e. The molecular formula is C22H21N3O2S. The van der Waals surface area contributed by atoms with Gasteiger partial charge in [0.05, 0.1) is 12.8 Å². The van der Waals surface area contributed by atoms with Crippen molar-refractivity contribution in [3.63, 3.8) is 0 Å². The Morgan fingerprint density at radius 1 is 1.11 bits per heavy atom. The molecule has 3 rings (SSSR count). The van der Waals surface area contributed by atoms with E-state index in [1.165, 1.54) is 22.0 Å². The Morgan fingerprint density at radius 3 is 2.29 bits per heavy atom. The Bertz CT molecular complexity index is 1080. The molecule has 0 bridgehead atoms. The Hall–Kier alpha value is -3.04. The van der Waals surface area contributed by atoms with E-state index in [0.29, 0.717) is 27.9 Å². The van der Waals surface area contributed by atoms with Crippen LogP contribution in [0.3, 0.4) is 0 Å². The third-order valence-electron chi connectivity index (χ3n) is 4.48. The molecule has 0 amide bonds. The van der Waals surface area contributed by atoms with Crippen molar-refractivity contribution in [1.82, 2.24) is 9.78 Å². The summed E-state index contributed by atoms with van der Waals surface area (Å²) < 4.78 is 6.44. The monoisotopic (exact) mass is 391 g/mol. The number of rotatable bonds is 5. The number of hydrogen-bond donors (Lipinski definition) is 0. The molecule has 1 heterocycles. The van der Waals surface area contributed by atoms with Crippen molar-refractivity contribution in [3.05, 3.63) is 75.6 Å². The average Bonchev–Trinajstić information content (AvgIpc) is 2.71. The van der Waals surface area contributed by atoms with Crippen LogP contribution in [0.4, 0.5) is 0 Å². The molecule has 2 aromatic carbocycles. The number of hydrogen-bond acceptors (Lipinski definition) is 5. The molecule has 0 spiro atoms. The lowest BCUT2D eigenvalue weighted by Crippen LogP contribution is -2.25. The highest BCUT2D eigenvalue weighted by molar-refractivity contribution is 7.99. The summed E-state index contributed by atoms with van der Waals surface area (Å²) in [6, 6.07) is 17.3. The van der Waals surface area contributed by atoms with E-state index >= 15 is 0 Å². The first-order valence-corrected chi connectivity index (χ1v) is 9.72. The average molecular weight is 391 g/mol. The lowest BCUT2D eigenvalue weighted by atomic mass is 10.0. The first-order valence-electron chi connectivity index (χ1n) is 8.91. The van der Waals surface area contributed by atoms with E-state index in [2.05, 4.69) is 31.1 Å². The Labute approximate surface area is 168 Å². The molecular weight excluding hydrogens is 370 g/mol. The summed E-state index contributed by atoms with van der Waals surface area (Å²) >= 11 is 1.44. The summed E-state index contributed by atoms with van der Waals surface area (Å²) in [5.41, 5.74) is 2.11. The molecule has 0 aliphatic carbocycles. The number of benzene rings is 2. The second kappa shape index (κ2) is 8.32. The molecule has 6 heteroatoms. The van der Waals surface area contributed by atoms with Crippen LogP contribution < -0.4 is 10.3 Å². The standard InChI is InChI=1S/C22H21N3O2S/c1-14(2)16-5-11-19(12-6-16)28-21-15(3)20(13-23)22(26)25(24-21)17-7-9-18(27-4)10-8-17/h5-12,14H,1-4H3. The van der Waals surface area contributed by atoms with E-state index in [9.17, 15) is 10.1 Å². The lowest BCUT2D eigenvalue weighted by molar-refractivity contribution is 0.414. The van der Waals surface area contributed by atoms with Gasteiger partial charge in [-0.3, -0.25) is 4.79 Å². The third-order valence-corrected chi connectivity index (χ3v) is 5.57. The minimum atomic E-state index is -0.426. The molecule has 0 aliphatic heterocycles. The van der Waals surface area contributed by atoms with E-state index in [-0.39, 0.29) is 5.56 Å². The van der Waals surface area contributed by atoms with Crippen LogP contribution in [0, 0.1) is 18.3 Å². The van der Waals surface area contributed by atoms with Gasteiger partial charge in [-0.2, -0.15) is 15.0 Å². The van der Waals surface area contributed by atoms with Crippen molar-refractivity contribution in [2.75, 3.05) is 7.11 Å². The highest BCUT2D eigenvalue weighted by atomic mass is 32.2. The molecule has 0 saturated carbocycles. The third kappa shape index (κ3) is 3.95. The molecule has 142 valence electrons. The van der Waals surface area contributed by atoms with Gasteiger partial charge < -0.3 is 4.74 Å². The van der Waals surface area contributed by atoms with Crippen LogP contribution in [0.1, 0.15) is 36.5 Å². The zero-order valence-corrected chi connectivity index (χ0v) is 17.1. The molecule has 0 N–H and O–H groups in total. The normalized spacial score (nSPS) is 10.7. The van der Waals surface area contributed by atoms with Crippen LogP contribution in [0.2, 0.25) is 0 Å². The van der Waals surface area contributed by atoms with Gasteiger partial charge in [0, 0.05) is 10.5 Å². The molecule has 0 aliphatic rings. The van der Waals surface area contributed by atoms with Gasteiger partial charge in [-0.25, -0.2) is 0 Å². The number of nitriles is 1. The van der Waals surface area contributed by atoms with Gasteiger partial charge in [0.2, 0.25) is 0 Å². The van der Waals surface area contributed by atoms with Crippen LogP contribution in [0.25, 0.3) is 5.69 Å². The number of nitrogens with zero attached hydrogens (tertiary/aromatic N) is 3. The molecule has 5 nitrogen and oxygen atoms in total. The Balaban J connectivity index is 2.05. The first-order chi connectivity index (χ1) is 13.4. The molecule has 3 aromatic rings. The minimum absolute atomic E-state index is 0.104. The van der Waals surface area contributed by atoms with Crippen LogP contribution in [0.15, 0.2) is 63.2 Å². The summed E-state index contributed by atoms with van der Waals surface area (Å²) in [6.45, 7) is 6.06. The number of methoxy groups -OCH3 is 1. The van der Waals surface area contributed by atoms with Gasteiger partial charge in [-0.1, -0.05) is 37.7 Å². The second-order valence-electron chi connectivity index (χ2n) is 6.66. The SMILES string of the molecule is COc1ccc(-n2nc(Sc3ccc(C(C)C)cc3)c(C)c(C#N)c2=O)cc1. The topological polar surface area (TPSA) is 67.9 Å². The largest absolute Gasteiger partial charge is 0.497 e. The maximum absolute atomic E-state index is 12.7. The van der Waals surface area contributed by atoms with E-state index in [0.717, 1.165) is 4.90 Å². The van der Waals surface area contributed by atoms with Gasteiger partial charge >= 0.3 is 0 Å². The van der Waals surface area contributed by atoms with Gasteiger partial charge in [-0.15, -0.1) is 0 Å². The summed E-state index contributed by atoms with van der Waals surface area (Å²) in [7, 11) is 1.58. The molecule has 0 saturated heterocycles. The number of ether oxygens (including phenoxy) is 1. The van der Waals surface area contributed by atoms with Crippen molar-refractivity contribution < 1.29 is 4.74 Å². The molecule has 0 fully saturated rings. The van der Waals surface area contributed by atoms with Gasteiger partial charge in [0.25, 0.3) is 5.56 Å². The maximum Gasteiger partial charge on any atom is 0.289 e. The molecule has 28 heavy (non-hydrogen) atoms. The van der Waals surface area contributed by atoms with Crippen molar-refractivity contribution in [1.29, 1.82) is 5.26 Å². The fourth-order valence-electron chi connectivity index (χ4n) is 2.74. The predicted octanol–water partition coefficient (Wildman–Crippen LogP) is 4.70. The van der Waals surface area contributed by atoms with E-state index in [1.54, 1.807) is 38.3 Å². The van der Waals surface area contributed by atoms with Gasteiger partial charge in [0.15, 0.2) is 0 Å². The van der Waals surface area contributed by atoms with Crippen LogP contribution in [0.5, 0.6) is 5.75 Å². The van der Waals surface area contributed by atoms with Crippen molar-refractivity contribution in [2.45, 2.75) is 36.6 Å². The van der Waals surface area contributed by atoms with E-state index < -0.39 is 5.56 Å². The summed E-state index contributed by atoms with van der Waals surface area (Å²) in [4.78, 5) is 13.7. The van der Waals surface area contributed by atoms with Gasteiger partial charge in [-0.05, 0) is 54.8 Å². The first kappa shape index (κ1) is 19.7. The predicted molar refractivity (Wildman–Crippen MR) is 110 cm³/mol. The van der Waals surface area contributed by atoms with Crippen molar-refractivity contribution in [2.24, 2.45) is 0 Å². The molecule has 1 aromatic heterocycles. The summed E-state index contributed by atoms with van der Waals surface area (Å²) in [5.74, 6) is 1.14. The van der Waals surface area contributed by atoms with Crippen LogP contribution >= 0.6 is 11.8 Å². The Kier molecular flexibility index (Phi) is 5.86. The van der Waals surface area contributed by atoms with Crippen LogP contribution in [-0.4, -0.2) is 16.9 Å². The maximum atomic E-state index is 12.7. The van der Waals surface area contributed by atoms with Crippen molar-refractivity contribution >= 4 is 11.8 Å². The van der Waals surface area contributed by atoms with Crippen LogP contribution in [-0.2, 0) is 0 Å². The number of aromatic nitrogens is 2. The minimum Gasteiger partial charge on any atom is -0.497 e. The fourth-order valence-corrected chi connectivity index (χ4v) is 3.62. The zero-order chi connectivity index (χ0) is 20.3. The summed E-state index contributed by atoms with van der Waals surface area (Å²) in [6.07, 6.45) is 0. The molecule has 0 radical (unpaired) electrons. The quantitative estimate of drug-likeness (QED) is 0.631. The molecule has 0 atom stereocenters. The second-order valence-corrected chi connectivity index (χ2v) is 7.72. The fraction of sp³-hybridized carbons (Fsp3) is 0.227. The lowest BCUT2D eigenvalue weighted by Gasteiger charge is -2.12. The van der Waals surface area contributed by atoms with Gasteiger partial charge in [0.1, 0.15) is 22.4 Å². The highest BCUT2D eigenvalue weighted by Crippen LogP contribution is 2.30. The van der Waals surface area contributed by atoms with E-state index in [4.69, 9.17) is 4.74 Å². The summed E-state index contributed by atoms with van der Waals surface area (Å²) in [5, 5.41) is 14.7. The van der Waals surface area contributed by atoms with Crippen molar-refractivity contribution in [3.8, 4) is 17.5 Å². The Morgan fingerprint density at radius 2 is 1.75 bits per heavy atom.